The van der Waals surface area contributed by atoms with Gasteiger partial charge in [-0.05, 0) is 54.0 Å². The van der Waals surface area contributed by atoms with E-state index in [0.717, 1.165) is 4.60 Å². The molecule has 0 amide bonds. The van der Waals surface area contributed by atoms with Gasteiger partial charge in [-0.1, -0.05) is 6.42 Å². The molecule has 0 atom stereocenters. The first-order chi connectivity index (χ1) is 5.89. The van der Waals surface area contributed by atoms with E-state index in [1.807, 2.05) is 18.3 Å². The summed E-state index contributed by atoms with van der Waals surface area (Å²) < 4.78 is 1.03. The summed E-state index contributed by atoms with van der Waals surface area (Å²) in [6, 6.07) is 3.88. The van der Waals surface area contributed by atoms with E-state index in [0.29, 0.717) is 0 Å². The number of H-pyrrole nitrogens is 1. The normalized spacial score (nSPS) is 16.4. The number of aromatic nitrogens is 1. The Kier molecular flexibility index (Phi) is 5.11. The second-order valence-corrected chi connectivity index (χ2v) is 3.68. The molecule has 0 aliphatic carbocycles. The highest BCUT2D eigenvalue weighted by molar-refractivity contribution is 9.10. The van der Waals surface area contributed by atoms with Crippen LogP contribution in [0.4, 0.5) is 0 Å². The van der Waals surface area contributed by atoms with Gasteiger partial charge in [0.2, 0.25) is 0 Å². The maximum Gasteiger partial charge on any atom is 0.0820 e. The Balaban J connectivity index is 0.000000120. The van der Waals surface area contributed by atoms with Crippen molar-refractivity contribution in [1.82, 2.24) is 10.3 Å². The van der Waals surface area contributed by atoms with Gasteiger partial charge in [-0.2, -0.15) is 0 Å². The Morgan fingerprint density at radius 1 is 1.17 bits per heavy atom. The minimum atomic E-state index is 1.03. The minimum Gasteiger partial charge on any atom is -0.356 e. The van der Waals surface area contributed by atoms with Crippen molar-refractivity contribution in [1.29, 1.82) is 0 Å². The maximum absolute atomic E-state index is 3.28. The van der Waals surface area contributed by atoms with Gasteiger partial charge in [0.05, 0.1) is 4.60 Å². The summed E-state index contributed by atoms with van der Waals surface area (Å²) in [7, 11) is 0. The molecule has 12 heavy (non-hydrogen) atoms. The third-order valence-corrected chi connectivity index (χ3v) is 2.26. The molecule has 68 valence electrons. The summed E-state index contributed by atoms with van der Waals surface area (Å²) in [5.41, 5.74) is 0. The first-order valence-electron chi connectivity index (χ1n) is 4.39. The number of nitrogens with one attached hydrogen (secondary N) is 2. The van der Waals surface area contributed by atoms with Gasteiger partial charge in [0.1, 0.15) is 0 Å². The standard InChI is InChI=1S/C5H11N.C4H4BrN/c1-2-4-6-5-3-1;5-4-2-1-3-6-4/h6H,1-5H2;1-3,6H. The lowest BCUT2D eigenvalue weighted by atomic mass is 10.2. The summed E-state index contributed by atoms with van der Waals surface area (Å²) >= 11 is 3.23. The van der Waals surface area contributed by atoms with E-state index >= 15 is 0 Å². The van der Waals surface area contributed by atoms with Crippen LogP contribution in [0.2, 0.25) is 0 Å². The number of aromatic amines is 1. The lowest BCUT2D eigenvalue weighted by molar-refractivity contribution is 0.520. The van der Waals surface area contributed by atoms with Crippen molar-refractivity contribution in [2.75, 3.05) is 13.1 Å². The quantitative estimate of drug-likeness (QED) is 0.705. The number of rotatable bonds is 0. The first-order valence-corrected chi connectivity index (χ1v) is 5.18. The smallest absolute Gasteiger partial charge is 0.0820 e. The van der Waals surface area contributed by atoms with Crippen molar-refractivity contribution in [3.63, 3.8) is 0 Å². The van der Waals surface area contributed by atoms with E-state index < -0.39 is 0 Å². The van der Waals surface area contributed by atoms with Crippen LogP contribution in [0.5, 0.6) is 0 Å². The van der Waals surface area contributed by atoms with Crippen molar-refractivity contribution in [2.24, 2.45) is 0 Å². The fourth-order valence-electron chi connectivity index (χ4n) is 1.11. The molecule has 2 N–H and O–H groups in total. The van der Waals surface area contributed by atoms with Gasteiger partial charge >= 0.3 is 0 Å². The van der Waals surface area contributed by atoms with Crippen molar-refractivity contribution >= 4 is 15.9 Å². The number of hydrogen-bond acceptors (Lipinski definition) is 1. The highest BCUT2D eigenvalue weighted by Gasteiger charge is 1.93. The van der Waals surface area contributed by atoms with Crippen LogP contribution in [-0.4, -0.2) is 18.1 Å². The number of halogens is 1. The van der Waals surface area contributed by atoms with Crippen molar-refractivity contribution in [3.8, 4) is 0 Å². The molecular weight excluding hydrogens is 216 g/mol. The molecule has 2 rings (SSSR count). The topological polar surface area (TPSA) is 27.8 Å². The number of hydrogen-bond donors (Lipinski definition) is 2. The average molecular weight is 231 g/mol. The van der Waals surface area contributed by atoms with E-state index in [4.69, 9.17) is 0 Å². The van der Waals surface area contributed by atoms with Crippen molar-refractivity contribution < 1.29 is 0 Å². The SMILES string of the molecule is Brc1ccc[nH]1.C1CCNCC1. The average Bonchev–Trinajstić information content (AvgIpc) is 2.60. The maximum atomic E-state index is 3.28. The first kappa shape index (κ1) is 9.81. The molecule has 0 radical (unpaired) electrons. The fraction of sp³-hybridized carbons (Fsp3) is 0.556. The third-order valence-electron chi connectivity index (χ3n) is 1.77. The Hall–Kier alpha value is -0.280. The Morgan fingerprint density at radius 3 is 2.08 bits per heavy atom. The van der Waals surface area contributed by atoms with Gasteiger partial charge in [0.25, 0.3) is 0 Å². The predicted molar refractivity (Wildman–Crippen MR) is 55.2 cm³/mol. The molecule has 2 nitrogen and oxygen atoms in total. The summed E-state index contributed by atoms with van der Waals surface area (Å²) in [4.78, 5) is 2.92. The van der Waals surface area contributed by atoms with E-state index in [2.05, 4.69) is 26.2 Å². The molecule has 0 aromatic carbocycles. The summed E-state index contributed by atoms with van der Waals surface area (Å²) in [6.45, 7) is 2.50. The molecule has 0 unspecified atom stereocenters. The van der Waals surface area contributed by atoms with Gasteiger partial charge in [-0.15, -0.1) is 0 Å². The molecule has 3 heteroatoms. The lowest BCUT2D eigenvalue weighted by Gasteiger charge is -2.08. The second kappa shape index (κ2) is 6.26. The zero-order valence-corrected chi connectivity index (χ0v) is 8.73. The van der Waals surface area contributed by atoms with E-state index in [1.165, 1.54) is 32.4 Å². The Labute approximate surface area is 81.9 Å². The third kappa shape index (κ3) is 4.57. The zero-order chi connectivity index (χ0) is 8.65. The van der Waals surface area contributed by atoms with Crippen LogP contribution in [-0.2, 0) is 0 Å². The predicted octanol–water partition coefficient (Wildman–Crippen LogP) is 2.54. The summed E-state index contributed by atoms with van der Waals surface area (Å²) in [5.74, 6) is 0. The largest absolute Gasteiger partial charge is 0.356 e. The van der Waals surface area contributed by atoms with Crippen LogP contribution in [0.15, 0.2) is 22.9 Å². The van der Waals surface area contributed by atoms with Gasteiger partial charge in [0, 0.05) is 6.20 Å². The molecule has 1 aromatic heterocycles. The molecular formula is C9H15BrN2. The molecule has 1 aliphatic rings. The van der Waals surface area contributed by atoms with Crippen LogP contribution >= 0.6 is 15.9 Å². The van der Waals surface area contributed by atoms with E-state index in [1.54, 1.807) is 0 Å². The van der Waals surface area contributed by atoms with Crippen LogP contribution in [0, 0.1) is 0 Å². The lowest BCUT2D eigenvalue weighted by Crippen LogP contribution is -2.21. The van der Waals surface area contributed by atoms with E-state index in [9.17, 15) is 0 Å². The molecule has 1 aliphatic heterocycles. The van der Waals surface area contributed by atoms with Crippen LogP contribution in [0.3, 0.4) is 0 Å². The molecule has 2 heterocycles. The highest BCUT2D eigenvalue weighted by Crippen LogP contribution is 2.01. The summed E-state index contributed by atoms with van der Waals surface area (Å²) in [5, 5.41) is 3.28. The Morgan fingerprint density at radius 2 is 1.92 bits per heavy atom. The van der Waals surface area contributed by atoms with Crippen molar-refractivity contribution in [2.45, 2.75) is 19.3 Å². The van der Waals surface area contributed by atoms with Crippen molar-refractivity contribution in [3.05, 3.63) is 22.9 Å². The molecule has 1 fully saturated rings. The van der Waals surface area contributed by atoms with Gasteiger partial charge in [0.15, 0.2) is 0 Å². The molecule has 0 spiro atoms. The summed E-state index contributed by atoms with van der Waals surface area (Å²) in [6.07, 6.45) is 6.08. The van der Waals surface area contributed by atoms with Gasteiger partial charge < -0.3 is 10.3 Å². The monoisotopic (exact) mass is 230 g/mol. The molecule has 0 bridgehead atoms. The second-order valence-electron chi connectivity index (χ2n) is 2.83. The van der Waals surface area contributed by atoms with Gasteiger partial charge in [-0.25, -0.2) is 0 Å². The zero-order valence-electron chi connectivity index (χ0n) is 7.15. The molecule has 1 saturated heterocycles. The van der Waals surface area contributed by atoms with Crippen LogP contribution in [0.1, 0.15) is 19.3 Å². The fourth-order valence-corrected chi connectivity index (χ4v) is 1.39. The van der Waals surface area contributed by atoms with Crippen LogP contribution < -0.4 is 5.32 Å². The molecule has 1 aromatic rings. The Bertz CT molecular complexity index is 169. The van der Waals surface area contributed by atoms with Crippen LogP contribution in [0.25, 0.3) is 0 Å². The van der Waals surface area contributed by atoms with E-state index in [-0.39, 0.29) is 0 Å². The molecule has 0 saturated carbocycles. The minimum absolute atomic E-state index is 1.03. The van der Waals surface area contributed by atoms with Gasteiger partial charge in [-0.3, -0.25) is 0 Å². The highest BCUT2D eigenvalue weighted by atomic mass is 79.9. The number of piperidine rings is 1.